The highest BCUT2D eigenvalue weighted by atomic mass is 16.5. The van der Waals surface area contributed by atoms with Gasteiger partial charge in [0.1, 0.15) is 0 Å². The Bertz CT molecular complexity index is 530. The first-order valence-corrected chi connectivity index (χ1v) is 9.49. The van der Waals surface area contributed by atoms with Crippen molar-refractivity contribution in [1.82, 2.24) is 15.5 Å². The van der Waals surface area contributed by atoms with Crippen molar-refractivity contribution in [2.75, 3.05) is 53.6 Å². The fraction of sp³-hybridized carbons (Fsp3) is 0.650. The summed E-state index contributed by atoms with van der Waals surface area (Å²) >= 11 is 0. The maximum Gasteiger partial charge on any atom is 0.191 e. The van der Waals surface area contributed by atoms with Gasteiger partial charge in [0.25, 0.3) is 0 Å². The average molecular weight is 363 g/mol. The maximum absolute atomic E-state index is 5.62. The van der Waals surface area contributed by atoms with Crippen LogP contribution in [0.2, 0.25) is 0 Å². The van der Waals surface area contributed by atoms with Crippen LogP contribution in [0, 0.1) is 5.92 Å². The molecule has 1 heterocycles. The van der Waals surface area contributed by atoms with Gasteiger partial charge >= 0.3 is 0 Å². The van der Waals surface area contributed by atoms with E-state index < -0.39 is 0 Å². The van der Waals surface area contributed by atoms with Crippen LogP contribution in [-0.4, -0.2) is 70.5 Å². The monoisotopic (exact) mass is 362 g/mol. The normalized spacial score (nSPS) is 18.6. The third kappa shape index (κ3) is 6.27. The molecule has 1 saturated heterocycles. The fourth-order valence-electron chi connectivity index (χ4n) is 3.31. The summed E-state index contributed by atoms with van der Waals surface area (Å²) < 4.78 is 11.1. The number of morpholine rings is 1. The molecule has 2 rings (SSSR count). The Labute approximate surface area is 158 Å². The number of hydrogen-bond donors (Lipinski definition) is 2. The van der Waals surface area contributed by atoms with Crippen molar-refractivity contribution >= 4 is 5.96 Å². The second-order valence-corrected chi connectivity index (χ2v) is 6.93. The van der Waals surface area contributed by atoms with E-state index in [1.807, 2.05) is 18.2 Å². The summed E-state index contributed by atoms with van der Waals surface area (Å²) in [6.45, 7) is 9.71. The Morgan fingerprint density at radius 1 is 1.15 bits per heavy atom. The van der Waals surface area contributed by atoms with E-state index in [0.717, 1.165) is 44.4 Å². The van der Waals surface area contributed by atoms with Crippen molar-refractivity contribution in [2.24, 2.45) is 10.9 Å². The number of nitrogens with zero attached hydrogens (tertiary/aromatic N) is 2. The van der Waals surface area contributed by atoms with Crippen molar-refractivity contribution in [1.29, 1.82) is 0 Å². The van der Waals surface area contributed by atoms with Gasteiger partial charge in [0.05, 0.1) is 19.3 Å². The molecule has 1 aliphatic heterocycles. The van der Waals surface area contributed by atoms with E-state index in [1.165, 1.54) is 0 Å². The number of benzene rings is 1. The van der Waals surface area contributed by atoms with Crippen LogP contribution in [-0.2, 0) is 9.47 Å². The highest BCUT2D eigenvalue weighted by Crippen LogP contribution is 2.15. The van der Waals surface area contributed by atoms with E-state index in [1.54, 1.807) is 14.2 Å². The van der Waals surface area contributed by atoms with Gasteiger partial charge in [0, 0.05) is 46.4 Å². The van der Waals surface area contributed by atoms with Gasteiger partial charge in [0.2, 0.25) is 0 Å². The Morgan fingerprint density at radius 2 is 1.81 bits per heavy atom. The van der Waals surface area contributed by atoms with Crippen molar-refractivity contribution in [2.45, 2.75) is 26.0 Å². The van der Waals surface area contributed by atoms with Crippen LogP contribution in [0.4, 0.5) is 0 Å². The predicted molar refractivity (Wildman–Crippen MR) is 107 cm³/mol. The maximum atomic E-state index is 5.62. The highest BCUT2D eigenvalue weighted by molar-refractivity contribution is 5.79. The van der Waals surface area contributed by atoms with Crippen molar-refractivity contribution < 1.29 is 9.47 Å². The zero-order valence-electron chi connectivity index (χ0n) is 16.6. The number of guanidine groups is 1. The van der Waals surface area contributed by atoms with Crippen LogP contribution < -0.4 is 10.6 Å². The Kier molecular flexibility index (Phi) is 8.88. The van der Waals surface area contributed by atoms with Gasteiger partial charge in [-0.2, -0.15) is 0 Å². The Hall–Kier alpha value is -1.63. The Balaban J connectivity index is 1.85. The standard InChI is InChI=1S/C20H34N4O2/c1-16(2)18(24-10-12-26-13-11-24)14-22-20(21-3)23-15-19(25-4)17-8-6-5-7-9-17/h5-9,16,18-19H,10-15H2,1-4H3,(H2,21,22,23). The molecule has 1 aromatic carbocycles. The SMILES string of the molecule is CN=C(NCC(OC)c1ccccc1)NCC(C(C)C)N1CCOCC1. The van der Waals surface area contributed by atoms with Crippen LogP contribution in [0.25, 0.3) is 0 Å². The number of hydrogen-bond acceptors (Lipinski definition) is 4. The summed E-state index contributed by atoms with van der Waals surface area (Å²) in [7, 11) is 3.54. The molecule has 1 fully saturated rings. The average Bonchev–Trinajstić information content (AvgIpc) is 2.68. The number of methoxy groups -OCH3 is 1. The van der Waals surface area contributed by atoms with E-state index in [4.69, 9.17) is 9.47 Å². The summed E-state index contributed by atoms with van der Waals surface area (Å²) in [4.78, 5) is 6.87. The first-order chi connectivity index (χ1) is 12.7. The summed E-state index contributed by atoms with van der Waals surface area (Å²) in [5.41, 5.74) is 1.16. The zero-order valence-corrected chi connectivity index (χ0v) is 16.6. The quantitative estimate of drug-likeness (QED) is 0.546. The second kappa shape index (κ2) is 11.2. The van der Waals surface area contributed by atoms with Crippen molar-refractivity contribution in [3.8, 4) is 0 Å². The molecule has 0 saturated carbocycles. The van der Waals surface area contributed by atoms with Gasteiger partial charge in [0.15, 0.2) is 5.96 Å². The van der Waals surface area contributed by atoms with Crippen LogP contribution >= 0.6 is 0 Å². The molecule has 146 valence electrons. The van der Waals surface area contributed by atoms with Crippen molar-refractivity contribution in [3.63, 3.8) is 0 Å². The zero-order chi connectivity index (χ0) is 18.8. The van der Waals surface area contributed by atoms with E-state index >= 15 is 0 Å². The minimum Gasteiger partial charge on any atom is -0.379 e. The van der Waals surface area contributed by atoms with Gasteiger partial charge < -0.3 is 20.1 Å². The summed E-state index contributed by atoms with van der Waals surface area (Å²) in [6, 6.07) is 10.7. The van der Waals surface area contributed by atoms with E-state index in [9.17, 15) is 0 Å². The molecule has 6 heteroatoms. The lowest BCUT2D eigenvalue weighted by molar-refractivity contribution is 0.00750. The minimum absolute atomic E-state index is 0.00473. The number of aliphatic imine (C=N–C) groups is 1. The lowest BCUT2D eigenvalue weighted by Gasteiger charge is -2.37. The molecule has 6 nitrogen and oxygen atoms in total. The molecule has 2 atom stereocenters. The largest absolute Gasteiger partial charge is 0.379 e. The second-order valence-electron chi connectivity index (χ2n) is 6.93. The first-order valence-electron chi connectivity index (χ1n) is 9.49. The lowest BCUT2D eigenvalue weighted by Crippen LogP contribution is -2.52. The van der Waals surface area contributed by atoms with E-state index in [-0.39, 0.29) is 6.10 Å². The smallest absolute Gasteiger partial charge is 0.191 e. The predicted octanol–water partition coefficient (Wildman–Crippen LogP) is 1.90. The summed E-state index contributed by atoms with van der Waals surface area (Å²) in [5.74, 6) is 1.37. The lowest BCUT2D eigenvalue weighted by atomic mass is 10.0. The van der Waals surface area contributed by atoms with Gasteiger partial charge in [-0.25, -0.2) is 0 Å². The number of nitrogens with one attached hydrogen (secondary N) is 2. The molecule has 0 radical (unpaired) electrons. The molecule has 0 spiro atoms. The highest BCUT2D eigenvalue weighted by Gasteiger charge is 2.24. The van der Waals surface area contributed by atoms with E-state index in [2.05, 4.69) is 46.5 Å². The number of rotatable bonds is 8. The van der Waals surface area contributed by atoms with E-state index in [0.29, 0.717) is 18.5 Å². The van der Waals surface area contributed by atoms with Crippen LogP contribution in [0.3, 0.4) is 0 Å². The van der Waals surface area contributed by atoms with Gasteiger partial charge in [-0.15, -0.1) is 0 Å². The van der Waals surface area contributed by atoms with Crippen LogP contribution in [0.5, 0.6) is 0 Å². The molecule has 1 aromatic rings. The number of ether oxygens (including phenoxy) is 2. The van der Waals surface area contributed by atoms with Gasteiger partial charge in [-0.05, 0) is 11.5 Å². The first kappa shape index (κ1) is 20.7. The van der Waals surface area contributed by atoms with Gasteiger partial charge in [-0.3, -0.25) is 9.89 Å². The molecule has 26 heavy (non-hydrogen) atoms. The minimum atomic E-state index is -0.00473. The third-order valence-electron chi connectivity index (χ3n) is 4.90. The van der Waals surface area contributed by atoms with Crippen LogP contribution in [0.15, 0.2) is 35.3 Å². The molecular weight excluding hydrogens is 328 g/mol. The fourth-order valence-corrected chi connectivity index (χ4v) is 3.31. The summed E-state index contributed by atoms with van der Waals surface area (Å²) in [6.07, 6.45) is -0.00473. The molecule has 0 amide bonds. The van der Waals surface area contributed by atoms with Crippen LogP contribution in [0.1, 0.15) is 25.5 Å². The molecule has 2 N–H and O–H groups in total. The summed E-state index contributed by atoms with van der Waals surface area (Å²) in [5, 5.41) is 6.87. The topological polar surface area (TPSA) is 58.1 Å². The molecule has 2 unspecified atom stereocenters. The van der Waals surface area contributed by atoms with Gasteiger partial charge in [-0.1, -0.05) is 44.2 Å². The molecule has 0 bridgehead atoms. The molecule has 0 aromatic heterocycles. The molecular formula is C20H34N4O2. The molecule has 0 aliphatic carbocycles. The molecule has 1 aliphatic rings. The third-order valence-corrected chi connectivity index (χ3v) is 4.90. The Morgan fingerprint density at radius 3 is 2.38 bits per heavy atom. The van der Waals surface area contributed by atoms with Crippen molar-refractivity contribution in [3.05, 3.63) is 35.9 Å².